The van der Waals surface area contributed by atoms with Crippen molar-refractivity contribution in [1.29, 1.82) is 0 Å². The number of hydrogen-bond donors (Lipinski definition) is 1. The molecule has 1 N–H and O–H groups in total. The number of nitrogens with one attached hydrogen (secondary N) is 1. The summed E-state index contributed by atoms with van der Waals surface area (Å²) in [5.74, 6) is 0.990. The minimum absolute atomic E-state index is 0.835. The van der Waals surface area contributed by atoms with Gasteiger partial charge in [0.05, 0.1) is 6.61 Å². The van der Waals surface area contributed by atoms with E-state index >= 15 is 0 Å². The molecular weight excluding hydrogens is 325 g/mol. The van der Waals surface area contributed by atoms with Gasteiger partial charge in [-0.1, -0.05) is 25.8 Å². The SMILES string of the molecule is CCNCCCCCCOc1cccc(I)c1. The Hall–Kier alpha value is -0.290. The Morgan fingerprint density at radius 2 is 2.00 bits per heavy atom. The Kier molecular flexibility index (Phi) is 8.44. The van der Waals surface area contributed by atoms with Crippen LogP contribution in [-0.4, -0.2) is 19.7 Å². The molecule has 0 heterocycles. The largest absolute Gasteiger partial charge is 0.494 e. The Balaban J connectivity index is 1.97. The van der Waals surface area contributed by atoms with Gasteiger partial charge in [0, 0.05) is 3.57 Å². The van der Waals surface area contributed by atoms with E-state index in [-0.39, 0.29) is 0 Å². The van der Waals surface area contributed by atoms with Crippen LogP contribution in [0.1, 0.15) is 32.6 Å². The molecule has 0 aromatic heterocycles. The molecule has 0 bridgehead atoms. The minimum atomic E-state index is 0.835. The summed E-state index contributed by atoms with van der Waals surface area (Å²) in [4.78, 5) is 0. The van der Waals surface area contributed by atoms with Crippen LogP contribution in [-0.2, 0) is 0 Å². The highest BCUT2D eigenvalue weighted by atomic mass is 127. The molecule has 0 spiro atoms. The molecule has 96 valence electrons. The molecule has 0 aliphatic carbocycles. The predicted octanol–water partition coefficient (Wildman–Crippen LogP) is 3.84. The highest BCUT2D eigenvalue weighted by molar-refractivity contribution is 14.1. The number of unbranched alkanes of at least 4 members (excludes halogenated alkanes) is 3. The zero-order chi connectivity index (χ0) is 12.3. The summed E-state index contributed by atoms with van der Waals surface area (Å²) >= 11 is 2.31. The highest BCUT2D eigenvalue weighted by Gasteiger charge is 1.95. The number of hydrogen-bond acceptors (Lipinski definition) is 2. The van der Waals surface area contributed by atoms with Crippen molar-refractivity contribution in [3.8, 4) is 5.75 Å². The molecule has 0 radical (unpaired) electrons. The lowest BCUT2D eigenvalue weighted by Crippen LogP contribution is -2.13. The lowest BCUT2D eigenvalue weighted by atomic mass is 10.2. The van der Waals surface area contributed by atoms with Crippen molar-refractivity contribution in [2.75, 3.05) is 19.7 Å². The van der Waals surface area contributed by atoms with Crippen LogP contribution in [0.5, 0.6) is 5.75 Å². The summed E-state index contributed by atoms with van der Waals surface area (Å²) in [6, 6.07) is 8.21. The van der Waals surface area contributed by atoms with Crippen LogP contribution in [0.3, 0.4) is 0 Å². The topological polar surface area (TPSA) is 21.3 Å². The van der Waals surface area contributed by atoms with Gasteiger partial charge in [-0.3, -0.25) is 0 Å². The zero-order valence-electron chi connectivity index (χ0n) is 10.5. The second kappa shape index (κ2) is 9.71. The molecule has 0 unspecified atom stereocenters. The summed E-state index contributed by atoms with van der Waals surface area (Å²) in [7, 11) is 0. The molecule has 3 heteroatoms. The molecule has 2 nitrogen and oxygen atoms in total. The van der Waals surface area contributed by atoms with Gasteiger partial charge in [0.15, 0.2) is 0 Å². The van der Waals surface area contributed by atoms with Crippen molar-refractivity contribution in [3.63, 3.8) is 0 Å². The van der Waals surface area contributed by atoms with E-state index in [2.05, 4.69) is 47.0 Å². The van der Waals surface area contributed by atoms with Gasteiger partial charge in [-0.15, -0.1) is 0 Å². The fraction of sp³-hybridized carbons (Fsp3) is 0.571. The monoisotopic (exact) mass is 347 g/mol. The predicted molar refractivity (Wildman–Crippen MR) is 81.7 cm³/mol. The Morgan fingerprint density at radius 3 is 2.76 bits per heavy atom. The van der Waals surface area contributed by atoms with Gasteiger partial charge in [0.25, 0.3) is 0 Å². The van der Waals surface area contributed by atoms with Gasteiger partial charge >= 0.3 is 0 Å². The van der Waals surface area contributed by atoms with E-state index in [0.29, 0.717) is 0 Å². The van der Waals surface area contributed by atoms with E-state index in [9.17, 15) is 0 Å². The average molecular weight is 347 g/mol. The summed E-state index contributed by atoms with van der Waals surface area (Å²) < 4.78 is 6.92. The lowest BCUT2D eigenvalue weighted by molar-refractivity contribution is 0.304. The van der Waals surface area contributed by atoms with Crippen molar-refractivity contribution in [2.24, 2.45) is 0 Å². The third kappa shape index (κ3) is 7.60. The van der Waals surface area contributed by atoms with E-state index < -0.39 is 0 Å². The fourth-order valence-corrected chi connectivity index (χ4v) is 2.14. The molecule has 0 atom stereocenters. The van der Waals surface area contributed by atoms with Crippen LogP contribution in [0, 0.1) is 3.57 Å². The molecule has 1 aromatic rings. The molecule has 0 fully saturated rings. The quantitative estimate of drug-likeness (QED) is 0.541. The molecule has 0 amide bonds. The number of halogens is 1. The van der Waals surface area contributed by atoms with Gasteiger partial charge < -0.3 is 10.1 Å². The molecule has 1 aromatic carbocycles. The normalized spacial score (nSPS) is 10.5. The summed E-state index contributed by atoms with van der Waals surface area (Å²) in [6.45, 7) is 5.21. The Bertz CT molecular complexity index is 304. The smallest absolute Gasteiger partial charge is 0.120 e. The van der Waals surface area contributed by atoms with E-state index in [0.717, 1.165) is 31.9 Å². The summed E-state index contributed by atoms with van der Waals surface area (Å²) in [5.41, 5.74) is 0. The lowest BCUT2D eigenvalue weighted by Gasteiger charge is -2.06. The third-order valence-electron chi connectivity index (χ3n) is 2.56. The third-order valence-corrected chi connectivity index (χ3v) is 3.23. The molecular formula is C14H22INO. The first kappa shape index (κ1) is 14.8. The molecule has 17 heavy (non-hydrogen) atoms. The van der Waals surface area contributed by atoms with Crippen LogP contribution in [0.4, 0.5) is 0 Å². The molecule has 0 aliphatic heterocycles. The summed E-state index contributed by atoms with van der Waals surface area (Å²) in [6.07, 6.45) is 4.98. The second-order valence-corrected chi connectivity index (χ2v) is 5.32. The van der Waals surface area contributed by atoms with Crippen LogP contribution < -0.4 is 10.1 Å². The number of ether oxygens (including phenoxy) is 1. The van der Waals surface area contributed by atoms with E-state index in [1.807, 2.05) is 12.1 Å². The van der Waals surface area contributed by atoms with Gasteiger partial charge in [-0.05, 0) is 66.7 Å². The average Bonchev–Trinajstić information content (AvgIpc) is 2.33. The van der Waals surface area contributed by atoms with E-state index in [1.54, 1.807) is 0 Å². The molecule has 0 saturated carbocycles. The maximum Gasteiger partial charge on any atom is 0.120 e. The van der Waals surface area contributed by atoms with E-state index in [4.69, 9.17) is 4.74 Å². The first-order chi connectivity index (χ1) is 8.33. The minimum Gasteiger partial charge on any atom is -0.494 e. The van der Waals surface area contributed by atoms with Crippen molar-refractivity contribution < 1.29 is 4.74 Å². The summed E-state index contributed by atoms with van der Waals surface area (Å²) in [5, 5.41) is 3.34. The standard InChI is InChI=1S/C14H22INO/c1-2-16-10-5-3-4-6-11-17-14-9-7-8-13(15)12-14/h7-9,12,16H,2-6,10-11H2,1H3. The maximum atomic E-state index is 5.69. The van der Waals surface area contributed by atoms with Gasteiger partial charge in [-0.25, -0.2) is 0 Å². The Labute approximate surface area is 118 Å². The molecule has 0 aliphatic rings. The zero-order valence-corrected chi connectivity index (χ0v) is 12.7. The number of benzene rings is 1. The van der Waals surface area contributed by atoms with Crippen molar-refractivity contribution in [3.05, 3.63) is 27.8 Å². The van der Waals surface area contributed by atoms with Gasteiger partial charge in [0.2, 0.25) is 0 Å². The first-order valence-corrected chi connectivity index (χ1v) is 7.50. The van der Waals surface area contributed by atoms with Crippen molar-refractivity contribution in [1.82, 2.24) is 5.32 Å². The van der Waals surface area contributed by atoms with Crippen molar-refractivity contribution >= 4 is 22.6 Å². The van der Waals surface area contributed by atoms with Gasteiger partial charge in [0.1, 0.15) is 5.75 Å². The number of rotatable bonds is 9. The van der Waals surface area contributed by atoms with Gasteiger partial charge in [-0.2, -0.15) is 0 Å². The van der Waals surface area contributed by atoms with Crippen LogP contribution in [0.25, 0.3) is 0 Å². The van der Waals surface area contributed by atoms with E-state index in [1.165, 1.54) is 22.8 Å². The van der Waals surface area contributed by atoms with Crippen LogP contribution in [0.15, 0.2) is 24.3 Å². The molecule has 1 rings (SSSR count). The first-order valence-electron chi connectivity index (χ1n) is 6.42. The second-order valence-electron chi connectivity index (χ2n) is 4.07. The highest BCUT2D eigenvalue weighted by Crippen LogP contribution is 2.15. The Morgan fingerprint density at radius 1 is 1.18 bits per heavy atom. The van der Waals surface area contributed by atoms with Crippen LogP contribution in [0.2, 0.25) is 0 Å². The maximum absolute atomic E-state index is 5.69. The fourth-order valence-electron chi connectivity index (χ4n) is 1.63. The van der Waals surface area contributed by atoms with Crippen molar-refractivity contribution in [2.45, 2.75) is 32.6 Å². The van der Waals surface area contributed by atoms with Crippen LogP contribution >= 0.6 is 22.6 Å². The molecule has 0 saturated heterocycles.